The van der Waals surface area contributed by atoms with Crippen molar-refractivity contribution in [3.05, 3.63) is 42.4 Å². The highest BCUT2D eigenvalue weighted by molar-refractivity contribution is 5.62. The molecule has 0 amide bonds. The highest BCUT2D eigenvalue weighted by Gasteiger charge is 2.43. The molecule has 3 aliphatic heterocycles. The highest BCUT2D eigenvalue weighted by atomic mass is 16.5. The van der Waals surface area contributed by atoms with Gasteiger partial charge in [0.2, 0.25) is 0 Å². The van der Waals surface area contributed by atoms with Crippen LogP contribution in [-0.2, 0) is 4.74 Å². The summed E-state index contributed by atoms with van der Waals surface area (Å²) in [5.41, 5.74) is 3.90. The van der Waals surface area contributed by atoms with E-state index >= 15 is 0 Å². The molecule has 0 spiro atoms. The van der Waals surface area contributed by atoms with E-state index in [0.29, 0.717) is 24.2 Å². The van der Waals surface area contributed by atoms with Crippen molar-refractivity contribution in [3.63, 3.8) is 0 Å². The Bertz CT molecular complexity index is 733. The number of benzene rings is 1. The number of aromatic nitrogens is 2. The molecule has 0 unspecified atom stereocenters. The molecule has 3 saturated heterocycles. The molecule has 4 heterocycles. The van der Waals surface area contributed by atoms with Gasteiger partial charge in [0.05, 0.1) is 30.3 Å². The first kappa shape index (κ1) is 15.6. The predicted molar refractivity (Wildman–Crippen MR) is 98.7 cm³/mol. The summed E-state index contributed by atoms with van der Waals surface area (Å²) in [6.45, 7) is 2.36. The summed E-state index contributed by atoms with van der Waals surface area (Å²) in [5, 5.41) is 0. The van der Waals surface area contributed by atoms with E-state index in [-0.39, 0.29) is 0 Å². The third kappa shape index (κ3) is 2.72. The molecule has 2 aromatic rings. The van der Waals surface area contributed by atoms with E-state index < -0.39 is 0 Å². The van der Waals surface area contributed by atoms with Gasteiger partial charge in [-0.25, -0.2) is 4.98 Å². The Hall–Kier alpha value is -1.65. The minimum Gasteiger partial charge on any atom is -0.373 e. The van der Waals surface area contributed by atoms with Gasteiger partial charge in [-0.1, -0.05) is 30.3 Å². The molecule has 0 N–H and O–H groups in total. The summed E-state index contributed by atoms with van der Waals surface area (Å²) in [5.74, 6) is 0.605. The van der Waals surface area contributed by atoms with E-state index in [0.717, 1.165) is 6.42 Å². The first-order chi connectivity index (χ1) is 12.3. The molecule has 2 bridgehead atoms. The maximum Gasteiger partial charge on any atom is 0.0959 e. The fraction of sp³-hybridized carbons (Fsp3) is 0.571. The summed E-state index contributed by atoms with van der Waals surface area (Å²) in [4.78, 5) is 7.35. The van der Waals surface area contributed by atoms with Gasteiger partial charge in [0.15, 0.2) is 0 Å². The minimum atomic E-state index is 0.396. The summed E-state index contributed by atoms with van der Waals surface area (Å²) in [6, 6.07) is 11.2. The lowest BCUT2D eigenvalue weighted by Crippen LogP contribution is -2.31. The molecular weight excluding hydrogens is 310 g/mol. The van der Waals surface area contributed by atoms with Crippen molar-refractivity contribution in [2.45, 2.75) is 56.3 Å². The molecule has 1 aromatic carbocycles. The van der Waals surface area contributed by atoms with Crippen LogP contribution in [0.2, 0.25) is 0 Å². The molecule has 1 aromatic heterocycles. The Morgan fingerprint density at radius 3 is 2.52 bits per heavy atom. The molecule has 3 fully saturated rings. The normalized spacial score (nSPS) is 30.2. The van der Waals surface area contributed by atoms with E-state index in [1.165, 1.54) is 55.7 Å². The van der Waals surface area contributed by atoms with Crippen molar-refractivity contribution in [2.75, 3.05) is 20.1 Å². The van der Waals surface area contributed by atoms with E-state index in [9.17, 15) is 0 Å². The second-order valence-electron chi connectivity index (χ2n) is 8.01. The molecular formula is C21H27N3O. The maximum absolute atomic E-state index is 6.16. The summed E-state index contributed by atoms with van der Waals surface area (Å²) in [7, 11) is 2.23. The summed E-state index contributed by atoms with van der Waals surface area (Å²) < 4.78 is 8.66. The van der Waals surface area contributed by atoms with Gasteiger partial charge in [-0.2, -0.15) is 0 Å². The number of hydrogen-bond donors (Lipinski definition) is 0. The first-order valence-electron chi connectivity index (χ1n) is 9.76. The van der Waals surface area contributed by atoms with Gasteiger partial charge in [0, 0.05) is 17.2 Å². The van der Waals surface area contributed by atoms with Crippen molar-refractivity contribution in [1.82, 2.24) is 14.5 Å². The van der Waals surface area contributed by atoms with Crippen LogP contribution in [-0.4, -0.2) is 46.8 Å². The molecule has 0 saturated carbocycles. The van der Waals surface area contributed by atoms with Crippen molar-refractivity contribution in [2.24, 2.45) is 0 Å². The number of nitrogens with zero attached hydrogens (tertiary/aromatic N) is 3. The largest absolute Gasteiger partial charge is 0.373 e. The zero-order valence-corrected chi connectivity index (χ0v) is 15.0. The lowest BCUT2D eigenvalue weighted by molar-refractivity contribution is 0.0931. The van der Waals surface area contributed by atoms with Gasteiger partial charge in [-0.15, -0.1) is 0 Å². The van der Waals surface area contributed by atoms with Crippen molar-refractivity contribution < 1.29 is 4.74 Å². The lowest BCUT2D eigenvalue weighted by Gasteiger charge is -2.32. The monoisotopic (exact) mass is 337 g/mol. The maximum atomic E-state index is 6.16. The Labute approximate surface area is 149 Å². The number of rotatable bonds is 3. The van der Waals surface area contributed by atoms with Crippen LogP contribution in [0.5, 0.6) is 0 Å². The standard InChI is InChI=1S/C21H27N3O/c1-23-11-9-16(10-12-23)21-20(15-5-3-2-4-6-15)22-14-24(21)18-13-17-7-8-19(18)25-17/h2-6,14,16-19H,7-13H2,1H3/t17-,18-,19+/m1/s1. The molecule has 0 radical (unpaired) electrons. The van der Waals surface area contributed by atoms with Crippen LogP contribution in [0.25, 0.3) is 11.3 Å². The van der Waals surface area contributed by atoms with Gasteiger partial charge in [-0.3, -0.25) is 0 Å². The van der Waals surface area contributed by atoms with Crippen molar-refractivity contribution >= 4 is 0 Å². The molecule has 4 nitrogen and oxygen atoms in total. The summed E-state index contributed by atoms with van der Waals surface area (Å²) >= 11 is 0. The molecule has 132 valence electrons. The smallest absolute Gasteiger partial charge is 0.0959 e. The van der Waals surface area contributed by atoms with Crippen LogP contribution in [0.3, 0.4) is 0 Å². The average Bonchev–Trinajstić information content (AvgIpc) is 3.38. The number of piperidine rings is 1. The molecule has 3 atom stereocenters. The van der Waals surface area contributed by atoms with Crippen LogP contribution < -0.4 is 0 Å². The van der Waals surface area contributed by atoms with Crippen LogP contribution >= 0.6 is 0 Å². The molecule has 0 aliphatic carbocycles. The van der Waals surface area contributed by atoms with Crippen molar-refractivity contribution in [3.8, 4) is 11.3 Å². The van der Waals surface area contributed by atoms with Gasteiger partial charge in [-0.05, 0) is 52.2 Å². The highest BCUT2D eigenvalue weighted by Crippen LogP contribution is 2.45. The second kappa shape index (κ2) is 6.26. The van der Waals surface area contributed by atoms with Crippen molar-refractivity contribution in [1.29, 1.82) is 0 Å². The van der Waals surface area contributed by atoms with Crippen LogP contribution in [0.15, 0.2) is 36.7 Å². The van der Waals surface area contributed by atoms with Gasteiger partial charge in [0.1, 0.15) is 0 Å². The predicted octanol–water partition coefficient (Wildman–Crippen LogP) is 3.85. The van der Waals surface area contributed by atoms with E-state index in [1.807, 2.05) is 0 Å². The fourth-order valence-electron chi connectivity index (χ4n) is 5.04. The zero-order valence-electron chi connectivity index (χ0n) is 15.0. The topological polar surface area (TPSA) is 30.3 Å². The Balaban J connectivity index is 1.56. The first-order valence-corrected chi connectivity index (χ1v) is 9.76. The third-order valence-electron chi connectivity index (χ3n) is 6.42. The fourth-order valence-corrected chi connectivity index (χ4v) is 5.04. The van der Waals surface area contributed by atoms with Crippen LogP contribution in [0, 0.1) is 0 Å². The number of ether oxygens (including phenoxy) is 1. The van der Waals surface area contributed by atoms with E-state index in [4.69, 9.17) is 9.72 Å². The molecule has 25 heavy (non-hydrogen) atoms. The van der Waals surface area contributed by atoms with Crippen LogP contribution in [0.1, 0.15) is 49.8 Å². The average molecular weight is 337 g/mol. The second-order valence-corrected chi connectivity index (χ2v) is 8.01. The minimum absolute atomic E-state index is 0.396. The number of likely N-dealkylation sites (tertiary alicyclic amines) is 1. The lowest BCUT2D eigenvalue weighted by atomic mass is 9.89. The number of hydrogen-bond acceptors (Lipinski definition) is 3. The Morgan fingerprint density at radius 2 is 1.84 bits per heavy atom. The summed E-state index contributed by atoms with van der Waals surface area (Å²) in [6.07, 6.45) is 9.04. The van der Waals surface area contributed by atoms with E-state index in [1.54, 1.807) is 0 Å². The quantitative estimate of drug-likeness (QED) is 0.852. The van der Waals surface area contributed by atoms with Gasteiger partial charge in [0.25, 0.3) is 0 Å². The number of fused-ring (bicyclic) bond motifs is 2. The molecule has 5 rings (SSSR count). The van der Waals surface area contributed by atoms with Gasteiger partial charge >= 0.3 is 0 Å². The zero-order chi connectivity index (χ0) is 16.8. The van der Waals surface area contributed by atoms with Crippen LogP contribution in [0.4, 0.5) is 0 Å². The third-order valence-corrected chi connectivity index (χ3v) is 6.42. The Kier molecular flexibility index (Phi) is 3.90. The molecule has 4 heteroatoms. The molecule has 3 aliphatic rings. The van der Waals surface area contributed by atoms with Gasteiger partial charge < -0.3 is 14.2 Å². The van der Waals surface area contributed by atoms with E-state index in [2.05, 4.69) is 53.2 Å². The number of imidazole rings is 1. The Morgan fingerprint density at radius 1 is 1.04 bits per heavy atom. The SMILES string of the molecule is CN1CCC(c2c(-c3ccccc3)ncn2[C@@H]2C[C@H]3CC[C@@H]2O3)CC1.